The molecular weight excluding hydrogens is 193 g/mol. The molecule has 72 valence electrons. The predicted octanol–water partition coefficient (Wildman–Crippen LogP) is 2.12. The standard InChI is InChI=1S/C8H11ClFN3/c1-3-4-13(2)7-6(10)5-11-8(9)12-7/h5H,3-4H2,1-2H3. The molecule has 1 rings (SSSR count). The van der Waals surface area contributed by atoms with Gasteiger partial charge in [-0.3, -0.25) is 0 Å². The minimum absolute atomic E-state index is 0.0688. The summed E-state index contributed by atoms with van der Waals surface area (Å²) in [5.74, 6) is -0.192. The summed E-state index contributed by atoms with van der Waals surface area (Å²) in [5, 5.41) is 0.0688. The largest absolute Gasteiger partial charge is 0.357 e. The lowest BCUT2D eigenvalue weighted by molar-refractivity contribution is 0.606. The SMILES string of the molecule is CCCN(C)c1nc(Cl)ncc1F. The van der Waals surface area contributed by atoms with Gasteiger partial charge in [-0.15, -0.1) is 0 Å². The molecule has 0 fully saturated rings. The van der Waals surface area contributed by atoms with Crippen molar-refractivity contribution in [3.8, 4) is 0 Å². The quantitative estimate of drug-likeness (QED) is 0.705. The lowest BCUT2D eigenvalue weighted by Gasteiger charge is -2.16. The number of nitrogens with zero attached hydrogens (tertiary/aromatic N) is 3. The van der Waals surface area contributed by atoms with Gasteiger partial charge in [-0.2, -0.15) is 4.98 Å². The van der Waals surface area contributed by atoms with Crippen LogP contribution in [0.25, 0.3) is 0 Å². The molecule has 1 aromatic heterocycles. The third-order valence-corrected chi connectivity index (χ3v) is 1.80. The maximum Gasteiger partial charge on any atom is 0.224 e. The summed E-state index contributed by atoms with van der Waals surface area (Å²) in [7, 11) is 1.77. The number of anilines is 1. The van der Waals surface area contributed by atoms with E-state index in [-0.39, 0.29) is 11.1 Å². The minimum Gasteiger partial charge on any atom is -0.357 e. The molecule has 0 aliphatic heterocycles. The van der Waals surface area contributed by atoms with Crippen LogP contribution in [0.5, 0.6) is 0 Å². The third-order valence-electron chi connectivity index (χ3n) is 1.62. The highest BCUT2D eigenvalue weighted by atomic mass is 35.5. The van der Waals surface area contributed by atoms with E-state index in [2.05, 4.69) is 9.97 Å². The number of rotatable bonds is 3. The van der Waals surface area contributed by atoms with E-state index >= 15 is 0 Å². The Kier molecular flexibility index (Phi) is 3.42. The van der Waals surface area contributed by atoms with Gasteiger partial charge in [0.15, 0.2) is 11.6 Å². The topological polar surface area (TPSA) is 29.0 Å². The van der Waals surface area contributed by atoms with Crippen molar-refractivity contribution in [1.82, 2.24) is 9.97 Å². The van der Waals surface area contributed by atoms with Gasteiger partial charge in [0.05, 0.1) is 6.20 Å². The van der Waals surface area contributed by atoms with Crippen molar-refractivity contribution in [1.29, 1.82) is 0 Å². The Bertz CT molecular complexity index is 293. The van der Waals surface area contributed by atoms with Crippen LogP contribution in [0.2, 0.25) is 5.28 Å². The van der Waals surface area contributed by atoms with E-state index in [0.717, 1.165) is 19.2 Å². The Balaban J connectivity index is 2.91. The summed E-state index contributed by atoms with van der Waals surface area (Å²) in [5.41, 5.74) is 0. The van der Waals surface area contributed by atoms with E-state index in [4.69, 9.17) is 11.6 Å². The molecule has 0 saturated heterocycles. The van der Waals surface area contributed by atoms with Crippen LogP contribution in [0.1, 0.15) is 13.3 Å². The van der Waals surface area contributed by atoms with Gasteiger partial charge in [0.1, 0.15) is 0 Å². The normalized spacial score (nSPS) is 10.2. The summed E-state index contributed by atoms with van der Waals surface area (Å²) in [6.45, 7) is 2.75. The Hall–Kier alpha value is -0.900. The maximum absolute atomic E-state index is 13.1. The van der Waals surface area contributed by atoms with E-state index in [1.54, 1.807) is 11.9 Å². The molecule has 0 N–H and O–H groups in total. The summed E-state index contributed by atoms with van der Waals surface area (Å²) < 4.78 is 13.1. The van der Waals surface area contributed by atoms with Gasteiger partial charge in [-0.1, -0.05) is 6.92 Å². The number of hydrogen-bond donors (Lipinski definition) is 0. The summed E-state index contributed by atoms with van der Waals surface area (Å²) in [6, 6.07) is 0. The highest BCUT2D eigenvalue weighted by Gasteiger charge is 2.09. The highest BCUT2D eigenvalue weighted by molar-refractivity contribution is 6.28. The van der Waals surface area contributed by atoms with Gasteiger partial charge in [0, 0.05) is 13.6 Å². The van der Waals surface area contributed by atoms with E-state index in [1.807, 2.05) is 6.92 Å². The molecule has 0 atom stereocenters. The van der Waals surface area contributed by atoms with Crippen molar-refractivity contribution in [2.24, 2.45) is 0 Å². The fourth-order valence-electron chi connectivity index (χ4n) is 1.05. The molecule has 1 aromatic rings. The Morgan fingerprint density at radius 1 is 1.62 bits per heavy atom. The first-order valence-electron chi connectivity index (χ1n) is 4.04. The molecule has 0 aliphatic carbocycles. The van der Waals surface area contributed by atoms with E-state index in [9.17, 15) is 4.39 Å². The molecule has 0 radical (unpaired) electrons. The molecule has 0 unspecified atom stereocenters. The average molecular weight is 204 g/mol. The van der Waals surface area contributed by atoms with E-state index < -0.39 is 5.82 Å². The third kappa shape index (κ3) is 2.52. The molecule has 0 bridgehead atoms. The molecule has 3 nitrogen and oxygen atoms in total. The summed E-state index contributed by atoms with van der Waals surface area (Å²) in [6.07, 6.45) is 2.01. The second-order valence-electron chi connectivity index (χ2n) is 2.73. The van der Waals surface area contributed by atoms with Crippen LogP contribution in [0, 0.1) is 5.82 Å². The second kappa shape index (κ2) is 4.37. The van der Waals surface area contributed by atoms with Crippen LogP contribution in [0.3, 0.4) is 0 Å². The van der Waals surface area contributed by atoms with E-state index in [0.29, 0.717) is 0 Å². The van der Waals surface area contributed by atoms with Crippen LogP contribution in [0.4, 0.5) is 10.2 Å². The fraction of sp³-hybridized carbons (Fsp3) is 0.500. The molecule has 1 heterocycles. The maximum atomic E-state index is 13.1. The van der Waals surface area contributed by atoms with Crippen LogP contribution in [-0.4, -0.2) is 23.6 Å². The van der Waals surface area contributed by atoms with Crippen molar-refractivity contribution in [3.63, 3.8) is 0 Å². The predicted molar refractivity (Wildman–Crippen MR) is 50.6 cm³/mol. The average Bonchev–Trinajstić information content (AvgIpc) is 2.09. The fourth-order valence-corrected chi connectivity index (χ4v) is 1.18. The number of aromatic nitrogens is 2. The van der Waals surface area contributed by atoms with Gasteiger partial charge in [-0.25, -0.2) is 9.37 Å². The smallest absolute Gasteiger partial charge is 0.224 e. The van der Waals surface area contributed by atoms with Crippen molar-refractivity contribution >= 4 is 17.4 Å². The first kappa shape index (κ1) is 10.2. The Labute approximate surface area is 81.6 Å². The molecular formula is C8H11ClFN3. The lowest BCUT2D eigenvalue weighted by Crippen LogP contribution is -2.20. The van der Waals surface area contributed by atoms with Crippen molar-refractivity contribution in [2.45, 2.75) is 13.3 Å². The summed E-state index contributed by atoms with van der Waals surface area (Å²) in [4.78, 5) is 9.04. The van der Waals surface area contributed by atoms with Crippen LogP contribution in [-0.2, 0) is 0 Å². The van der Waals surface area contributed by atoms with Gasteiger partial charge >= 0.3 is 0 Å². The second-order valence-corrected chi connectivity index (χ2v) is 3.07. The summed E-state index contributed by atoms with van der Waals surface area (Å²) >= 11 is 5.55. The van der Waals surface area contributed by atoms with Gasteiger partial charge in [0.25, 0.3) is 0 Å². The van der Waals surface area contributed by atoms with Crippen molar-refractivity contribution < 1.29 is 4.39 Å². The molecule has 0 aliphatic rings. The lowest BCUT2D eigenvalue weighted by atomic mass is 10.4. The zero-order valence-corrected chi connectivity index (χ0v) is 8.35. The molecule has 0 amide bonds. The molecule has 5 heteroatoms. The molecule has 0 spiro atoms. The Morgan fingerprint density at radius 3 is 2.92 bits per heavy atom. The molecule has 13 heavy (non-hydrogen) atoms. The van der Waals surface area contributed by atoms with Crippen molar-refractivity contribution in [3.05, 3.63) is 17.3 Å². The van der Waals surface area contributed by atoms with E-state index in [1.165, 1.54) is 0 Å². The molecule has 0 aromatic carbocycles. The van der Waals surface area contributed by atoms with Gasteiger partial charge < -0.3 is 4.90 Å². The van der Waals surface area contributed by atoms with Gasteiger partial charge in [-0.05, 0) is 18.0 Å². The first-order chi connectivity index (χ1) is 6.15. The van der Waals surface area contributed by atoms with Crippen LogP contribution in [0.15, 0.2) is 6.20 Å². The van der Waals surface area contributed by atoms with Crippen molar-refractivity contribution in [2.75, 3.05) is 18.5 Å². The van der Waals surface area contributed by atoms with Crippen LogP contribution < -0.4 is 4.90 Å². The molecule has 0 saturated carbocycles. The first-order valence-corrected chi connectivity index (χ1v) is 4.42. The Morgan fingerprint density at radius 2 is 2.31 bits per heavy atom. The number of halogens is 2. The highest BCUT2D eigenvalue weighted by Crippen LogP contribution is 2.15. The zero-order valence-electron chi connectivity index (χ0n) is 7.59. The number of hydrogen-bond acceptors (Lipinski definition) is 3. The van der Waals surface area contributed by atoms with Crippen LogP contribution >= 0.6 is 11.6 Å². The zero-order chi connectivity index (χ0) is 9.84. The minimum atomic E-state index is -0.444. The monoisotopic (exact) mass is 203 g/mol. The van der Waals surface area contributed by atoms with Gasteiger partial charge in [0.2, 0.25) is 5.28 Å².